The molecule has 0 radical (unpaired) electrons. The van der Waals surface area contributed by atoms with Crippen molar-refractivity contribution in [3.05, 3.63) is 65.9 Å². The number of fused-ring (bicyclic) bond motifs is 1. The molecule has 4 rings (SSSR count). The number of aromatic nitrogens is 4. The number of hydrogen-bond acceptors (Lipinski definition) is 6. The van der Waals surface area contributed by atoms with Gasteiger partial charge in [0.05, 0.1) is 17.3 Å². The average molecular weight is 356 g/mol. The summed E-state index contributed by atoms with van der Waals surface area (Å²) in [6.45, 7) is 3.78. The van der Waals surface area contributed by atoms with Crippen molar-refractivity contribution in [1.82, 2.24) is 19.4 Å². The van der Waals surface area contributed by atoms with E-state index in [0.717, 1.165) is 17.0 Å². The first-order chi connectivity index (χ1) is 13.1. The first kappa shape index (κ1) is 16.5. The number of benzene rings is 1. The molecule has 132 valence electrons. The second-order valence-electron chi connectivity index (χ2n) is 6.12. The van der Waals surface area contributed by atoms with Crippen LogP contribution < -0.4 is 10.5 Å². The summed E-state index contributed by atoms with van der Waals surface area (Å²) in [5.74, 6) is 1.11. The fourth-order valence-electron chi connectivity index (χ4n) is 3.06. The zero-order chi connectivity index (χ0) is 19.0. The molecule has 0 saturated carbocycles. The lowest BCUT2D eigenvalue weighted by Gasteiger charge is -2.06. The lowest BCUT2D eigenvalue weighted by atomic mass is 10.0. The van der Waals surface area contributed by atoms with Crippen molar-refractivity contribution in [3.63, 3.8) is 0 Å². The van der Waals surface area contributed by atoms with Crippen LogP contribution in [-0.4, -0.2) is 19.4 Å². The molecule has 0 saturated heterocycles. The monoisotopic (exact) mass is 356 g/mol. The highest BCUT2D eigenvalue weighted by molar-refractivity contribution is 5.89. The van der Waals surface area contributed by atoms with E-state index in [1.165, 1.54) is 0 Å². The van der Waals surface area contributed by atoms with E-state index < -0.39 is 0 Å². The van der Waals surface area contributed by atoms with Crippen molar-refractivity contribution in [3.8, 4) is 29.0 Å². The third-order valence-corrected chi connectivity index (χ3v) is 4.29. The van der Waals surface area contributed by atoms with E-state index in [-0.39, 0.29) is 6.01 Å². The Morgan fingerprint density at radius 2 is 1.89 bits per heavy atom. The molecule has 0 aliphatic rings. The smallest absolute Gasteiger partial charge is 0.322 e. The van der Waals surface area contributed by atoms with Gasteiger partial charge in [-0.3, -0.25) is 9.38 Å². The Balaban J connectivity index is 1.76. The van der Waals surface area contributed by atoms with Gasteiger partial charge < -0.3 is 10.5 Å². The molecule has 0 bridgehead atoms. The van der Waals surface area contributed by atoms with Gasteiger partial charge in [-0.2, -0.15) is 5.26 Å². The maximum absolute atomic E-state index is 9.67. The van der Waals surface area contributed by atoms with Crippen molar-refractivity contribution >= 4 is 11.3 Å². The van der Waals surface area contributed by atoms with Crippen LogP contribution in [0.15, 0.2) is 48.9 Å². The number of nitrogens with two attached hydrogens (primary N) is 1. The van der Waals surface area contributed by atoms with Crippen LogP contribution >= 0.6 is 0 Å². The first-order valence-corrected chi connectivity index (χ1v) is 8.31. The molecule has 7 heteroatoms. The standard InChI is InChI=1S/C20H16N6O/c1-12-7-8-24-20(25-12)27-15-5-3-14(4-6-15)18-16(9-21)17-11-23-10-13(2)26(17)19(18)22/h3-8,10-11H,22H2,1-2H3. The number of nitrogens with zero attached hydrogens (tertiary/aromatic N) is 5. The van der Waals surface area contributed by atoms with Crippen LogP contribution in [0, 0.1) is 25.2 Å². The Morgan fingerprint density at radius 3 is 2.59 bits per heavy atom. The minimum absolute atomic E-state index is 0.288. The fraction of sp³-hybridized carbons (Fsp3) is 0.100. The molecule has 0 atom stereocenters. The molecule has 0 amide bonds. The highest BCUT2D eigenvalue weighted by Gasteiger charge is 2.19. The van der Waals surface area contributed by atoms with Crippen LogP contribution in [0.3, 0.4) is 0 Å². The number of rotatable bonds is 3. The van der Waals surface area contributed by atoms with Crippen LogP contribution in [0.4, 0.5) is 5.82 Å². The maximum Gasteiger partial charge on any atom is 0.322 e. The first-order valence-electron chi connectivity index (χ1n) is 8.31. The summed E-state index contributed by atoms with van der Waals surface area (Å²) in [6, 6.07) is 11.7. The second kappa shape index (κ2) is 6.42. The SMILES string of the molecule is Cc1ccnc(Oc2ccc(-c3c(C#N)c4cncc(C)n4c3N)cc2)n1. The van der Waals surface area contributed by atoms with Crippen LogP contribution in [0.1, 0.15) is 17.0 Å². The Bertz CT molecular complexity index is 1190. The maximum atomic E-state index is 9.67. The van der Waals surface area contributed by atoms with Crippen molar-refractivity contribution in [2.24, 2.45) is 0 Å². The number of nitrogen functional groups attached to an aromatic ring is 1. The predicted octanol–water partition coefficient (Wildman–Crippen LogP) is 3.65. The molecule has 0 aliphatic heterocycles. The van der Waals surface area contributed by atoms with Crippen molar-refractivity contribution in [2.75, 3.05) is 5.73 Å². The minimum atomic E-state index is 0.288. The number of nitriles is 1. The minimum Gasteiger partial charge on any atom is -0.424 e. The summed E-state index contributed by atoms with van der Waals surface area (Å²) in [5.41, 5.74) is 10.8. The lowest BCUT2D eigenvalue weighted by Crippen LogP contribution is -1.98. The van der Waals surface area contributed by atoms with Gasteiger partial charge in [0.1, 0.15) is 17.6 Å². The molecule has 0 unspecified atom stereocenters. The molecular weight excluding hydrogens is 340 g/mol. The lowest BCUT2D eigenvalue weighted by molar-refractivity contribution is 0.440. The van der Waals surface area contributed by atoms with E-state index in [9.17, 15) is 5.26 Å². The molecule has 4 aromatic rings. The van der Waals surface area contributed by atoms with E-state index in [0.29, 0.717) is 28.2 Å². The molecule has 7 nitrogen and oxygen atoms in total. The van der Waals surface area contributed by atoms with Crippen LogP contribution in [0.5, 0.6) is 11.8 Å². The third kappa shape index (κ3) is 2.83. The van der Waals surface area contributed by atoms with E-state index in [1.54, 1.807) is 36.8 Å². The molecule has 3 heterocycles. The van der Waals surface area contributed by atoms with Gasteiger partial charge in [0.15, 0.2) is 0 Å². The van der Waals surface area contributed by atoms with Gasteiger partial charge in [0, 0.05) is 29.3 Å². The highest BCUT2D eigenvalue weighted by Crippen LogP contribution is 2.36. The van der Waals surface area contributed by atoms with Crippen LogP contribution in [0.2, 0.25) is 0 Å². The largest absolute Gasteiger partial charge is 0.424 e. The summed E-state index contributed by atoms with van der Waals surface area (Å²) in [6.07, 6.45) is 5.01. The molecule has 27 heavy (non-hydrogen) atoms. The molecule has 0 spiro atoms. The van der Waals surface area contributed by atoms with Gasteiger partial charge in [-0.05, 0) is 37.6 Å². The topological polar surface area (TPSA) is 102 Å². The Morgan fingerprint density at radius 1 is 1.11 bits per heavy atom. The Hall–Kier alpha value is -3.92. The van der Waals surface area contributed by atoms with Gasteiger partial charge in [-0.1, -0.05) is 12.1 Å². The van der Waals surface area contributed by atoms with Crippen molar-refractivity contribution in [1.29, 1.82) is 5.26 Å². The van der Waals surface area contributed by atoms with Crippen LogP contribution in [-0.2, 0) is 0 Å². The Kier molecular flexibility index (Phi) is 3.94. The zero-order valence-corrected chi connectivity index (χ0v) is 14.8. The zero-order valence-electron chi connectivity index (χ0n) is 14.8. The summed E-state index contributed by atoms with van der Waals surface area (Å²) >= 11 is 0. The van der Waals surface area contributed by atoms with E-state index in [4.69, 9.17) is 10.5 Å². The van der Waals surface area contributed by atoms with Crippen molar-refractivity contribution < 1.29 is 4.74 Å². The normalized spacial score (nSPS) is 10.7. The Labute approximate surface area is 155 Å². The molecule has 0 aliphatic carbocycles. The summed E-state index contributed by atoms with van der Waals surface area (Å²) in [5, 5.41) is 9.67. The van der Waals surface area contributed by atoms with Crippen LogP contribution in [0.25, 0.3) is 16.6 Å². The van der Waals surface area contributed by atoms with Gasteiger partial charge in [-0.15, -0.1) is 0 Å². The average Bonchev–Trinajstić information content (AvgIpc) is 2.95. The molecule has 0 fully saturated rings. The summed E-state index contributed by atoms with van der Waals surface area (Å²) in [7, 11) is 0. The molecule has 1 aromatic carbocycles. The molecule has 3 aromatic heterocycles. The van der Waals surface area contributed by atoms with Gasteiger partial charge in [-0.25, -0.2) is 9.97 Å². The van der Waals surface area contributed by atoms with E-state index in [1.807, 2.05) is 30.4 Å². The van der Waals surface area contributed by atoms with Gasteiger partial charge >= 0.3 is 6.01 Å². The van der Waals surface area contributed by atoms with E-state index >= 15 is 0 Å². The van der Waals surface area contributed by atoms with Gasteiger partial charge in [0.25, 0.3) is 0 Å². The number of aryl methyl sites for hydroxylation is 2. The van der Waals surface area contributed by atoms with E-state index in [2.05, 4.69) is 21.0 Å². The van der Waals surface area contributed by atoms with Gasteiger partial charge in [0.2, 0.25) is 0 Å². The summed E-state index contributed by atoms with van der Waals surface area (Å²) < 4.78 is 7.52. The third-order valence-electron chi connectivity index (χ3n) is 4.29. The number of anilines is 1. The highest BCUT2D eigenvalue weighted by atomic mass is 16.5. The number of ether oxygens (including phenoxy) is 1. The summed E-state index contributed by atoms with van der Waals surface area (Å²) in [4.78, 5) is 12.5. The predicted molar refractivity (Wildman–Crippen MR) is 101 cm³/mol. The quantitative estimate of drug-likeness (QED) is 0.601. The number of hydrogen-bond donors (Lipinski definition) is 1. The fourth-order valence-corrected chi connectivity index (χ4v) is 3.06. The second-order valence-corrected chi connectivity index (χ2v) is 6.12. The van der Waals surface area contributed by atoms with Crippen molar-refractivity contribution in [2.45, 2.75) is 13.8 Å². The molecular formula is C20H16N6O. The molecule has 2 N–H and O–H groups in total.